The van der Waals surface area contributed by atoms with Gasteiger partial charge >= 0.3 is 0 Å². The Hall–Kier alpha value is -7.83. The molecular weight excluding hydrogens is 697 g/mol. The van der Waals surface area contributed by atoms with Crippen molar-refractivity contribution in [1.82, 2.24) is 28.7 Å². The number of rotatable bonds is 5. The Kier molecular flexibility index (Phi) is 6.83. The summed E-state index contributed by atoms with van der Waals surface area (Å²) in [7, 11) is 0. The number of aromatic nitrogens is 6. The first-order chi connectivity index (χ1) is 28.3. The summed E-state index contributed by atoms with van der Waals surface area (Å²) in [5.74, 6) is 1.83. The molecule has 0 aliphatic rings. The van der Waals surface area contributed by atoms with Crippen LogP contribution in [0.5, 0.6) is 0 Å². The Morgan fingerprint density at radius 2 is 0.702 bits per heavy atom. The fourth-order valence-electron chi connectivity index (χ4n) is 8.93. The smallest absolute Gasteiger partial charge is 0.238 e. The SMILES string of the molecule is c1ccc(-c2nc(-c3ccccc3)nc(-n3c4ccccc4c4c(-n5c6ccccc6c6c7c8ccccc8n(-c8ccccc8)c7ccc65)cccc43)n2)cc1. The van der Waals surface area contributed by atoms with Gasteiger partial charge < -0.3 is 9.13 Å². The van der Waals surface area contributed by atoms with Gasteiger partial charge in [-0.05, 0) is 54.6 Å². The number of fused-ring (bicyclic) bond motifs is 10. The summed E-state index contributed by atoms with van der Waals surface area (Å²) in [5, 5.41) is 7.20. The number of para-hydroxylation sites is 4. The third-order valence-corrected chi connectivity index (χ3v) is 11.3. The van der Waals surface area contributed by atoms with Gasteiger partial charge in [-0.25, -0.2) is 4.98 Å². The molecule has 0 saturated carbocycles. The molecule has 8 aromatic carbocycles. The summed E-state index contributed by atoms with van der Waals surface area (Å²) >= 11 is 0. The van der Waals surface area contributed by atoms with Crippen molar-refractivity contribution in [2.24, 2.45) is 0 Å². The summed E-state index contributed by atoms with van der Waals surface area (Å²) in [6.45, 7) is 0. The van der Waals surface area contributed by atoms with Gasteiger partial charge in [0.05, 0.1) is 38.8 Å². The molecule has 12 rings (SSSR count). The molecule has 6 nitrogen and oxygen atoms in total. The van der Waals surface area contributed by atoms with Crippen molar-refractivity contribution in [2.75, 3.05) is 0 Å². The fourth-order valence-corrected chi connectivity index (χ4v) is 8.93. The first-order valence-corrected chi connectivity index (χ1v) is 19.2. The third kappa shape index (κ3) is 4.68. The molecule has 0 spiro atoms. The van der Waals surface area contributed by atoms with E-state index in [0.29, 0.717) is 17.6 Å². The molecule has 4 heterocycles. The van der Waals surface area contributed by atoms with Crippen LogP contribution in [-0.4, -0.2) is 28.7 Å². The molecular formula is C51H32N6. The van der Waals surface area contributed by atoms with Crippen molar-refractivity contribution in [2.45, 2.75) is 0 Å². The van der Waals surface area contributed by atoms with Gasteiger partial charge in [0, 0.05) is 49.1 Å². The highest BCUT2D eigenvalue weighted by Crippen LogP contribution is 2.44. The van der Waals surface area contributed by atoms with E-state index in [4.69, 9.17) is 15.0 Å². The zero-order valence-electron chi connectivity index (χ0n) is 30.7. The highest BCUT2D eigenvalue weighted by atomic mass is 15.2. The van der Waals surface area contributed by atoms with E-state index in [1.807, 2.05) is 60.7 Å². The maximum Gasteiger partial charge on any atom is 0.238 e. The van der Waals surface area contributed by atoms with Gasteiger partial charge in [-0.15, -0.1) is 0 Å². The van der Waals surface area contributed by atoms with Crippen LogP contribution in [-0.2, 0) is 0 Å². The topological polar surface area (TPSA) is 53.5 Å². The van der Waals surface area contributed by atoms with Gasteiger partial charge in [0.1, 0.15) is 0 Å². The average Bonchev–Trinajstić information content (AvgIpc) is 3.93. The summed E-state index contributed by atoms with van der Waals surface area (Å²) < 4.78 is 7.05. The molecule has 266 valence electrons. The maximum atomic E-state index is 5.19. The standard InChI is InChI=1S/C51H32N6/c1-4-17-33(18-5-1)49-52-50(34-19-6-2-7-20-34)54-51(53-49)57-41-28-15-10-23-36(41)46-42(29-16-30-43(46)57)56-40-27-14-12-25-38(40)48-45(56)32-31-44-47(48)37-24-11-13-26-39(37)55(44)35-21-8-3-9-22-35/h1-32H. The minimum absolute atomic E-state index is 0.573. The lowest BCUT2D eigenvalue weighted by Gasteiger charge is -2.12. The van der Waals surface area contributed by atoms with Crippen LogP contribution in [0.1, 0.15) is 0 Å². The van der Waals surface area contributed by atoms with Crippen molar-refractivity contribution in [3.05, 3.63) is 194 Å². The Bertz CT molecular complexity index is 3450. The van der Waals surface area contributed by atoms with E-state index in [9.17, 15) is 0 Å². The molecule has 0 aliphatic carbocycles. The Labute approximate surface area is 327 Å². The second-order valence-electron chi connectivity index (χ2n) is 14.4. The van der Waals surface area contributed by atoms with E-state index < -0.39 is 0 Å². The summed E-state index contributed by atoms with van der Waals surface area (Å²) in [6.07, 6.45) is 0. The predicted molar refractivity (Wildman–Crippen MR) is 234 cm³/mol. The van der Waals surface area contributed by atoms with Crippen LogP contribution in [0.3, 0.4) is 0 Å². The van der Waals surface area contributed by atoms with E-state index in [0.717, 1.165) is 55.3 Å². The van der Waals surface area contributed by atoms with Gasteiger partial charge in [-0.3, -0.25) is 4.57 Å². The molecule has 6 heteroatoms. The second kappa shape index (κ2) is 12.3. The Morgan fingerprint density at radius 3 is 1.28 bits per heavy atom. The lowest BCUT2D eigenvalue weighted by Crippen LogP contribution is -2.06. The van der Waals surface area contributed by atoms with Gasteiger partial charge in [0.2, 0.25) is 5.95 Å². The Morgan fingerprint density at radius 1 is 0.281 bits per heavy atom. The molecule has 0 bridgehead atoms. The molecule has 0 unspecified atom stereocenters. The molecule has 0 atom stereocenters. The summed E-state index contributed by atoms with van der Waals surface area (Å²) in [4.78, 5) is 15.4. The van der Waals surface area contributed by atoms with Crippen molar-refractivity contribution < 1.29 is 0 Å². The van der Waals surface area contributed by atoms with E-state index in [1.165, 1.54) is 32.6 Å². The second-order valence-corrected chi connectivity index (χ2v) is 14.4. The number of nitrogens with zero attached hydrogens (tertiary/aromatic N) is 6. The Balaban J connectivity index is 1.18. The van der Waals surface area contributed by atoms with E-state index in [2.05, 4.69) is 147 Å². The van der Waals surface area contributed by atoms with Gasteiger partial charge in [0.25, 0.3) is 0 Å². The van der Waals surface area contributed by atoms with Crippen LogP contribution < -0.4 is 0 Å². The zero-order chi connectivity index (χ0) is 37.5. The van der Waals surface area contributed by atoms with Crippen LogP contribution >= 0.6 is 0 Å². The minimum Gasteiger partial charge on any atom is -0.309 e. The van der Waals surface area contributed by atoms with Crippen LogP contribution in [0.2, 0.25) is 0 Å². The summed E-state index contributed by atoms with van der Waals surface area (Å²) in [5.41, 5.74) is 10.8. The van der Waals surface area contributed by atoms with Gasteiger partial charge in [-0.2, -0.15) is 9.97 Å². The largest absolute Gasteiger partial charge is 0.309 e. The number of hydrogen-bond acceptors (Lipinski definition) is 3. The minimum atomic E-state index is 0.573. The van der Waals surface area contributed by atoms with Crippen molar-refractivity contribution in [3.63, 3.8) is 0 Å². The normalized spacial score (nSPS) is 11.9. The van der Waals surface area contributed by atoms with Crippen molar-refractivity contribution in [1.29, 1.82) is 0 Å². The number of hydrogen-bond donors (Lipinski definition) is 0. The quantitative estimate of drug-likeness (QED) is 0.177. The molecule has 0 saturated heterocycles. The lowest BCUT2D eigenvalue weighted by atomic mass is 10.1. The van der Waals surface area contributed by atoms with Crippen LogP contribution in [0.25, 0.3) is 106 Å². The molecule has 0 fully saturated rings. The molecule has 0 aliphatic heterocycles. The zero-order valence-corrected chi connectivity index (χ0v) is 30.7. The average molecular weight is 729 g/mol. The summed E-state index contributed by atoms with van der Waals surface area (Å²) in [6, 6.07) is 68.4. The fraction of sp³-hybridized carbons (Fsp3) is 0. The molecule has 12 aromatic rings. The van der Waals surface area contributed by atoms with Crippen LogP contribution in [0, 0.1) is 0 Å². The number of benzene rings is 8. The molecule has 4 aromatic heterocycles. The molecule has 0 radical (unpaired) electrons. The van der Waals surface area contributed by atoms with Crippen LogP contribution in [0.4, 0.5) is 0 Å². The molecule has 0 amide bonds. The molecule has 57 heavy (non-hydrogen) atoms. The highest BCUT2D eigenvalue weighted by Gasteiger charge is 2.24. The first kappa shape index (κ1) is 31.5. The predicted octanol–water partition coefficient (Wildman–Crippen LogP) is 12.5. The first-order valence-electron chi connectivity index (χ1n) is 19.2. The highest BCUT2D eigenvalue weighted by molar-refractivity contribution is 6.29. The van der Waals surface area contributed by atoms with Crippen LogP contribution in [0.15, 0.2) is 194 Å². The third-order valence-electron chi connectivity index (χ3n) is 11.3. The lowest BCUT2D eigenvalue weighted by molar-refractivity contribution is 0.953. The van der Waals surface area contributed by atoms with Gasteiger partial charge in [0.15, 0.2) is 11.6 Å². The van der Waals surface area contributed by atoms with Gasteiger partial charge in [-0.1, -0.05) is 140 Å². The van der Waals surface area contributed by atoms with E-state index in [-0.39, 0.29) is 0 Å². The van der Waals surface area contributed by atoms with E-state index >= 15 is 0 Å². The van der Waals surface area contributed by atoms with Crippen molar-refractivity contribution >= 4 is 65.4 Å². The van der Waals surface area contributed by atoms with E-state index in [1.54, 1.807) is 0 Å². The molecule has 0 N–H and O–H groups in total. The van der Waals surface area contributed by atoms with Crippen molar-refractivity contribution in [3.8, 4) is 40.1 Å². The monoisotopic (exact) mass is 728 g/mol. The maximum absolute atomic E-state index is 5.19.